The number of nitrogens with zero attached hydrogens (tertiary/aromatic N) is 4. The number of methoxy groups -OCH3 is 1. The zero-order valence-corrected chi connectivity index (χ0v) is 25.8. The standard InChI is InChI=1S/C33H35N5O4S/c1-20(2)14-25-19-42-29-16-28(30-21(3)8-6-9-22(30)4)35-33(36-29)37-43-26-11-7-10-24(15-26)31(39)38(25)18-23-12-13-27(34-17-23)32(40)41-5/h6-13,15-17,20,25H,14,18-19H2,1-5H3,(H,35,36,37)/t25-/m1/s1. The minimum Gasteiger partial charge on any atom is -0.475 e. The number of fused-ring (bicyclic) bond motifs is 4. The van der Waals surface area contributed by atoms with Crippen LogP contribution in [0.4, 0.5) is 5.95 Å². The number of ether oxygens (including phenoxy) is 2. The third-order valence-electron chi connectivity index (χ3n) is 7.22. The Kier molecular flexibility index (Phi) is 9.25. The largest absolute Gasteiger partial charge is 0.475 e. The molecule has 1 N–H and O–H groups in total. The monoisotopic (exact) mass is 597 g/mol. The van der Waals surface area contributed by atoms with Crippen molar-refractivity contribution in [1.29, 1.82) is 0 Å². The Morgan fingerprint density at radius 1 is 1.09 bits per heavy atom. The van der Waals surface area contributed by atoms with Crippen molar-refractivity contribution in [3.05, 3.63) is 94.8 Å². The van der Waals surface area contributed by atoms with E-state index in [4.69, 9.17) is 14.5 Å². The van der Waals surface area contributed by atoms with Crippen LogP contribution >= 0.6 is 11.9 Å². The van der Waals surface area contributed by atoms with Crippen LogP contribution < -0.4 is 9.46 Å². The minimum absolute atomic E-state index is 0.123. The number of rotatable bonds is 6. The Morgan fingerprint density at radius 2 is 1.86 bits per heavy atom. The van der Waals surface area contributed by atoms with Gasteiger partial charge in [0.1, 0.15) is 12.3 Å². The maximum Gasteiger partial charge on any atom is 0.356 e. The van der Waals surface area contributed by atoms with E-state index < -0.39 is 5.97 Å². The molecular weight excluding hydrogens is 562 g/mol. The van der Waals surface area contributed by atoms with Crippen LogP contribution in [0.1, 0.15) is 57.8 Å². The molecule has 4 aromatic rings. The van der Waals surface area contributed by atoms with Gasteiger partial charge in [-0.3, -0.25) is 9.52 Å². The summed E-state index contributed by atoms with van der Waals surface area (Å²) < 4.78 is 14.4. The Hall–Kier alpha value is -4.44. The molecule has 222 valence electrons. The molecule has 2 aromatic carbocycles. The summed E-state index contributed by atoms with van der Waals surface area (Å²) in [6, 6.07) is 18.6. The Morgan fingerprint density at radius 3 is 2.56 bits per heavy atom. The maximum absolute atomic E-state index is 14.1. The van der Waals surface area contributed by atoms with Gasteiger partial charge in [0.25, 0.3) is 5.91 Å². The highest BCUT2D eigenvalue weighted by molar-refractivity contribution is 8.00. The first-order chi connectivity index (χ1) is 20.7. The molecule has 4 bridgehead atoms. The fourth-order valence-electron chi connectivity index (χ4n) is 5.17. The van der Waals surface area contributed by atoms with Crippen molar-refractivity contribution in [2.24, 2.45) is 5.92 Å². The normalized spacial score (nSPS) is 15.1. The number of benzene rings is 2. The van der Waals surface area contributed by atoms with Crippen LogP contribution in [0.3, 0.4) is 0 Å². The Labute approximate surface area is 256 Å². The first-order valence-corrected chi connectivity index (χ1v) is 15.0. The van der Waals surface area contributed by atoms with E-state index in [-0.39, 0.29) is 36.7 Å². The maximum atomic E-state index is 14.1. The van der Waals surface area contributed by atoms with E-state index in [2.05, 4.69) is 54.5 Å². The van der Waals surface area contributed by atoms with Crippen LogP contribution in [0, 0.1) is 19.8 Å². The van der Waals surface area contributed by atoms with Gasteiger partial charge >= 0.3 is 5.97 Å². The molecule has 3 heterocycles. The van der Waals surface area contributed by atoms with Gasteiger partial charge in [0.15, 0.2) is 0 Å². The molecule has 1 aliphatic rings. The Bertz CT molecular complexity index is 1610. The molecule has 1 atom stereocenters. The number of anilines is 1. The topological polar surface area (TPSA) is 107 Å². The summed E-state index contributed by atoms with van der Waals surface area (Å²) in [6.45, 7) is 8.89. The molecule has 1 aliphatic heterocycles. The lowest BCUT2D eigenvalue weighted by molar-refractivity contribution is 0.0549. The van der Waals surface area contributed by atoms with Gasteiger partial charge in [0, 0.05) is 34.8 Å². The number of pyridine rings is 1. The summed E-state index contributed by atoms with van der Waals surface area (Å²) in [5, 5.41) is 0. The summed E-state index contributed by atoms with van der Waals surface area (Å²) in [5.74, 6) is 0.497. The number of nitrogens with one attached hydrogen (secondary N) is 1. The zero-order valence-electron chi connectivity index (χ0n) is 25.0. The number of hydrogen-bond acceptors (Lipinski definition) is 9. The molecular formula is C33H35N5O4S. The minimum atomic E-state index is -0.511. The molecule has 0 saturated heterocycles. The first kappa shape index (κ1) is 30.0. The fourth-order valence-corrected chi connectivity index (χ4v) is 5.80. The lowest BCUT2D eigenvalue weighted by atomic mass is 10.00. The molecule has 0 unspecified atom stereocenters. The predicted molar refractivity (Wildman–Crippen MR) is 167 cm³/mol. The van der Waals surface area contributed by atoms with Gasteiger partial charge in [0.2, 0.25) is 11.8 Å². The van der Waals surface area contributed by atoms with E-state index >= 15 is 0 Å². The molecule has 0 aliphatic carbocycles. The highest BCUT2D eigenvalue weighted by Gasteiger charge is 2.28. The van der Waals surface area contributed by atoms with E-state index in [0.717, 1.165) is 32.8 Å². The average molecular weight is 598 g/mol. The molecule has 43 heavy (non-hydrogen) atoms. The lowest BCUT2D eigenvalue weighted by Crippen LogP contribution is -2.44. The quantitative estimate of drug-likeness (QED) is 0.197. The van der Waals surface area contributed by atoms with E-state index in [9.17, 15) is 9.59 Å². The van der Waals surface area contributed by atoms with Crippen LogP contribution in [0.5, 0.6) is 5.88 Å². The average Bonchev–Trinajstić information content (AvgIpc) is 3.00. The number of hydrogen-bond donors (Lipinski definition) is 1. The third-order valence-corrected chi connectivity index (χ3v) is 8.00. The molecule has 0 fully saturated rings. The number of aryl methyl sites for hydroxylation is 2. The number of carbonyl (C=O) groups excluding carboxylic acids is 2. The van der Waals surface area contributed by atoms with Crippen LogP contribution in [0.15, 0.2) is 71.8 Å². The van der Waals surface area contributed by atoms with Crippen molar-refractivity contribution in [2.75, 3.05) is 18.4 Å². The second kappa shape index (κ2) is 13.2. The number of aromatic nitrogens is 3. The Balaban J connectivity index is 1.56. The molecule has 1 amide bonds. The van der Waals surface area contributed by atoms with Crippen LogP contribution in [0.25, 0.3) is 11.3 Å². The summed E-state index contributed by atoms with van der Waals surface area (Å²) in [7, 11) is 1.32. The molecule has 0 saturated carbocycles. The van der Waals surface area contributed by atoms with Gasteiger partial charge in [-0.25, -0.2) is 14.8 Å². The van der Waals surface area contributed by atoms with Crippen LogP contribution in [-0.4, -0.2) is 51.5 Å². The van der Waals surface area contributed by atoms with Crippen LogP contribution in [0.2, 0.25) is 0 Å². The third kappa shape index (κ3) is 7.14. The van der Waals surface area contributed by atoms with E-state index in [1.54, 1.807) is 18.3 Å². The van der Waals surface area contributed by atoms with Crippen molar-refractivity contribution >= 4 is 29.8 Å². The highest BCUT2D eigenvalue weighted by Crippen LogP contribution is 2.31. The van der Waals surface area contributed by atoms with Crippen molar-refractivity contribution in [1.82, 2.24) is 19.9 Å². The fraction of sp³-hybridized carbons (Fsp3) is 0.303. The SMILES string of the molecule is COC(=O)c1ccc(CN2C(=O)c3cccc(c3)SNc3nc(cc(-c4c(C)cccc4C)n3)OC[C@H]2CC(C)C)cn1. The molecule has 0 radical (unpaired) electrons. The van der Waals surface area contributed by atoms with E-state index in [0.29, 0.717) is 23.8 Å². The molecule has 5 rings (SSSR count). The summed E-state index contributed by atoms with van der Waals surface area (Å²) in [4.78, 5) is 42.5. The summed E-state index contributed by atoms with van der Waals surface area (Å²) in [6.07, 6.45) is 2.31. The van der Waals surface area contributed by atoms with E-state index in [1.165, 1.54) is 19.1 Å². The van der Waals surface area contributed by atoms with Crippen LogP contribution in [-0.2, 0) is 11.3 Å². The first-order valence-electron chi connectivity index (χ1n) is 14.2. The number of esters is 1. The number of amides is 1. The van der Waals surface area contributed by atoms with Crippen molar-refractivity contribution in [3.8, 4) is 17.1 Å². The molecule has 10 heteroatoms. The predicted octanol–water partition coefficient (Wildman–Crippen LogP) is 6.51. The van der Waals surface area contributed by atoms with Gasteiger partial charge < -0.3 is 14.4 Å². The van der Waals surface area contributed by atoms with Gasteiger partial charge in [-0.2, -0.15) is 4.98 Å². The number of carbonyl (C=O) groups is 2. The molecule has 2 aromatic heterocycles. The van der Waals surface area contributed by atoms with Gasteiger partial charge in [-0.05, 0) is 79.1 Å². The molecule has 9 nitrogen and oxygen atoms in total. The smallest absolute Gasteiger partial charge is 0.356 e. The summed E-state index contributed by atoms with van der Waals surface area (Å²) in [5.41, 5.74) is 5.56. The highest BCUT2D eigenvalue weighted by atomic mass is 32.2. The summed E-state index contributed by atoms with van der Waals surface area (Å²) >= 11 is 1.34. The second-order valence-electron chi connectivity index (χ2n) is 11.0. The van der Waals surface area contributed by atoms with Gasteiger partial charge in [-0.1, -0.05) is 44.2 Å². The van der Waals surface area contributed by atoms with E-state index in [1.807, 2.05) is 41.3 Å². The zero-order chi connectivity index (χ0) is 30.5. The second-order valence-corrected chi connectivity index (χ2v) is 11.9. The van der Waals surface area contributed by atoms with Crippen molar-refractivity contribution in [3.63, 3.8) is 0 Å². The van der Waals surface area contributed by atoms with Gasteiger partial charge in [-0.15, -0.1) is 0 Å². The van der Waals surface area contributed by atoms with Gasteiger partial charge in [0.05, 0.1) is 18.8 Å². The molecule has 0 spiro atoms. The van der Waals surface area contributed by atoms with Crippen molar-refractivity contribution in [2.45, 2.75) is 51.6 Å². The lowest BCUT2D eigenvalue weighted by Gasteiger charge is -2.33. The van der Waals surface area contributed by atoms with Crippen molar-refractivity contribution < 1.29 is 19.1 Å².